The molecule has 6 heteroatoms. The van der Waals surface area contributed by atoms with E-state index in [1.165, 1.54) is 6.92 Å². The molecule has 16 heavy (non-hydrogen) atoms. The molecule has 6 nitrogen and oxygen atoms in total. The number of nitriles is 1. The Bertz CT molecular complexity index is 272. The second kappa shape index (κ2) is 8.68. The van der Waals surface area contributed by atoms with Crippen LogP contribution >= 0.6 is 0 Å². The lowest BCUT2D eigenvalue weighted by Crippen LogP contribution is -2.31. The molecule has 0 atom stereocenters. The van der Waals surface area contributed by atoms with Gasteiger partial charge in [-0.25, -0.2) is 0 Å². The lowest BCUT2D eigenvalue weighted by molar-refractivity contribution is -0.142. The quantitative estimate of drug-likeness (QED) is 0.598. The van der Waals surface area contributed by atoms with E-state index in [4.69, 9.17) is 15.1 Å². The topological polar surface area (TPSA) is 90.6 Å². The van der Waals surface area contributed by atoms with E-state index in [0.717, 1.165) is 0 Å². The minimum atomic E-state index is -0.880. The standard InChI is InChI=1S/C10H16N2O4/c1-9(13)16-8-7-12(5-2-4-11)6-3-10(14)15/h2-3,5-8H2,1H3,(H,14,15). The van der Waals surface area contributed by atoms with E-state index in [9.17, 15) is 9.59 Å². The Labute approximate surface area is 94.4 Å². The number of ether oxygens (including phenoxy) is 1. The fraction of sp³-hybridized carbons (Fsp3) is 0.700. The minimum Gasteiger partial charge on any atom is -0.481 e. The maximum Gasteiger partial charge on any atom is 0.304 e. The summed E-state index contributed by atoms with van der Waals surface area (Å²) in [4.78, 5) is 22.7. The van der Waals surface area contributed by atoms with Crippen molar-refractivity contribution < 1.29 is 19.4 Å². The number of hydrogen-bond acceptors (Lipinski definition) is 5. The zero-order valence-corrected chi connectivity index (χ0v) is 9.31. The van der Waals surface area contributed by atoms with Crippen LogP contribution in [0.25, 0.3) is 0 Å². The van der Waals surface area contributed by atoms with Gasteiger partial charge in [-0.1, -0.05) is 0 Å². The smallest absolute Gasteiger partial charge is 0.304 e. The first-order chi connectivity index (χ1) is 7.56. The molecule has 0 aromatic rings. The van der Waals surface area contributed by atoms with Crippen LogP contribution in [0.15, 0.2) is 0 Å². The van der Waals surface area contributed by atoms with Gasteiger partial charge in [0.25, 0.3) is 0 Å². The van der Waals surface area contributed by atoms with E-state index in [1.54, 1.807) is 4.90 Å². The lowest BCUT2D eigenvalue weighted by atomic mass is 10.3. The number of carboxylic acids is 1. The number of carbonyl (C=O) groups excluding carboxylic acids is 1. The normalized spacial score (nSPS) is 9.81. The van der Waals surface area contributed by atoms with Crippen LogP contribution in [-0.4, -0.2) is 48.2 Å². The molecule has 90 valence electrons. The van der Waals surface area contributed by atoms with Crippen molar-refractivity contribution in [1.29, 1.82) is 5.26 Å². The molecular formula is C10H16N2O4. The summed E-state index contributed by atoms with van der Waals surface area (Å²) < 4.78 is 4.75. The largest absolute Gasteiger partial charge is 0.481 e. The van der Waals surface area contributed by atoms with E-state index in [1.807, 2.05) is 6.07 Å². The van der Waals surface area contributed by atoms with Crippen LogP contribution in [0.5, 0.6) is 0 Å². The SMILES string of the molecule is CC(=O)OCCN(CCC#N)CCC(=O)O. The molecule has 0 saturated carbocycles. The van der Waals surface area contributed by atoms with Crippen molar-refractivity contribution in [3.05, 3.63) is 0 Å². The van der Waals surface area contributed by atoms with Crippen LogP contribution in [0, 0.1) is 11.3 Å². The molecule has 1 N–H and O–H groups in total. The van der Waals surface area contributed by atoms with Crippen LogP contribution in [0.2, 0.25) is 0 Å². The number of esters is 1. The number of aliphatic carboxylic acids is 1. The summed E-state index contributed by atoms with van der Waals surface area (Å²) in [5.74, 6) is -1.24. The van der Waals surface area contributed by atoms with Crippen molar-refractivity contribution in [3.8, 4) is 6.07 Å². The highest BCUT2D eigenvalue weighted by Gasteiger charge is 2.07. The van der Waals surface area contributed by atoms with Gasteiger partial charge < -0.3 is 9.84 Å². The number of nitrogens with zero attached hydrogens (tertiary/aromatic N) is 2. The molecule has 0 saturated heterocycles. The molecule has 0 bridgehead atoms. The third kappa shape index (κ3) is 8.97. The molecule has 0 heterocycles. The summed E-state index contributed by atoms with van der Waals surface area (Å²) in [6.45, 7) is 2.84. The Balaban J connectivity index is 3.85. The average molecular weight is 228 g/mol. The van der Waals surface area contributed by atoms with E-state index < -0.39 is 5.97 Å². The van der Waals surface area contributed by atoms with Gasteiger partial charge in [0.15, 0.2) is 0 Å². The van der Waals surface area contributed by atoms with E-state index in [2.05, 4.69) is 0 Å². The zero-order chi connectivity index (χ0) is 12.4. The van der Waals surface area contributed by atoms with Gasteiger partial charge in [0.1, 0.15) is 6.61 Å². The van der Waals surface area contributed by atoms with Gasteiger partial charge in [-0.05, 0) is 0 Å². The maximum atomic E-state index is 10.5. The Morgan fingerprint density at radius 3 is 2.56 bits per heavy atom. The number of carbonyl (C=O) groups is 2. The zero-order valence-electron chi connectivity index (χ0n) is 9.31. The minimum absolute atomic E-state index is 0.0193. The first-order valence-corrected chi connectivity index (χ1v) is 5.00. The third-order valence-electron chi connectivity index (χ3n) is 1.89. The first kappa shape index (κ1) is 14.4. The summed E-state index contributed by atoms with van der Waals surface area (Å²) in [5.41, 5.74) is 0. The predicted octanol–water partition coefficient (Wildman–Crippen LogP) is 0.240. The lowest BCUT2D eigenvalue weighted by Gasteiger charge is -2.19. The fourth-order valence-electron chi connectivity index (χ4n) is 1.12. The highest BCUT2D eigenvalue weighted by Crippen LogP contribution is 1.95. The van der Waals surface area contributed by atoms with Crippen molar-refractivity contribution >= 4 is 11.9 Å². The monoisotopic (exact) mass is 228 g/mol. The Kier molecular flexibility index (Phi) is 7.81. The summed E-state index contributed by atoms with van der Waals surface area (Å²) in [6.07, 6.45) is 0.352. The van der Waals surface area contributed by atoms with Gasteiger partial charge in [-0.3, -0.25) is 14.5 Å². The molecule has 0 aliphatic heterocycles. The van der Waals surface area contributed by atoms with Crippen LogP contribution in [0.1, 0.15) is 19.8 Å². The molecular weight excluding hydrogens is 212 g/mol. The summed E-state index contributed by atoms with van der Waals surface area (Å²) in [6, 6.07) is 1.99. The fourth-order valence-corrected chi connectivity index (χ4v) is 1.12. The molecule has 0 amide bonds. The molecule has 0 aromatic carbocycles. The predicted molar refractivity (Wildman–Crippen MR) is 55.6 cm³/mol. The van der Waals surface area contributed by atoms with E-state index in [0.29, 0.717) is 26.1 Å². The van der Waals surface area contributed by atoms with Crippen molar-refractivity contribution in [2.75, 3.05) is 26.2 Å². The van der Waals surface area contributed by atoms with Crippen molar-refractivity contribution in [2.24, 2.45) is 0 Å². The maximum absolute atomic E-state index is 10.5. The van der Waals surface area contributed by atoms with E-state index in [-0.39, 0.29) is 19.0 Å². The second-order valence-corrected chi connectivity index (χ2v) is 3.23. The number of carboxylic acid groups (broad SMARTS) is 1. The summed E-state index contributed by atoms with van der Waals surface area (Å²) in [5, 5.41) is 17.0. The molecule has 0 aliphatic carbocycles. The molecule has 0 aliphatic rings. The molecule has 0 unspecified atom stereocenters. The van der Waals surface area contributed by atoms with Gasteiger partial charge in [0, 0.05) is 33.0 Å². The highest BCUT2D eigenvalue weighted by atomic mass is 16.5. The summed E-state index contributed by atoms with van der Waals surface area (Å²) in [7, 11) is 0. The van der Waals surface area contributed by atoms with Crippen molar-refractivity contribution in [1.82, 2.24) is 4.90 Å². The van der Waals surface area contributed by atoms with Gasteiger partial charge in [0.05, 0.1) is 12.5 Å². The van der Waals surface area contributed by atoms with Gasteiger partial charge in [0.2, 0.25) is 0 Å². The van der Waals surface area contributed by atoms with Gasteiger partial charge >= 0.3 is 11.9 Å². The number of rotatable bonds is 8. The molecule has 0 spiro atoms. The van der Waals surface area contributed by atoms with Gasteiger partial charge in [-0.2, -0.15) is 5.26 Å². The molecule has 0 aromatic heterocycles. The third-order valence-corrected chi connectivity index (χ3v) is 1.89. The van der Waals surface area contributed by atoms with Crippen LogP contribution in [0.3, 0.4) is 0 Å². The van der Waals surface area contributed by atoms with Gasteiger partial charge in [-0.15, -0.1) is 0 Å². The highest BCUT2D eigenvalue weighted by molar-refractivity contribution is 5.67. The van der Waals surface area contributed by atoms with Crippen LogP contribution in [0.4, 0.5) is 0 Å². The molecule has 0 radical (unpaired) electrons. The second-order valence-electron chi connectivity index (χ2n) is 3.23. The average Bonchev–Trinajstić information content (AvgIpc) is 2.20. The number of hydrogen-bond donors (Lipinski definition) is 1. The molecule has 0 fully saturated rings. The molecule has 0 rings (SSSR count). The van der Waals surface area contributed by atoms with E-state index >= 15 is 0 Å². The van der Waals surface area contributed by atoms with Crippen molar-refractivity contribution in [2.45, 2.75) is 19.8 Å². The Hall–Kier alpha value is -1.61. The Morgan fingerprint density at radius 2 is 2.06 bits per heavy atom. The summed E-state index contributed by atoms with van der Waals surface area (Å²) >= 11 is 0. The van der Waals surface area contributed by atoms with Crippen molar-refractivity contribution in [3.63, 3.8) is 0 Å². The van der Waals surface area contributed by atoms with Crippen LogP contribution < -0.4 is 0 Å². The van der Waals surface area contributed by atoms with Crippen LogP contribution in [-0.2, 0) is 14.3 Å². The first-order valence-electron chi connectivity index (χ1n) is 5.00. The Morgan fingerprint density at radius 1 is 1.38 bits per heavy atom.